The van der Waals surface area contributed by atoms with Gasteiger partial charge in [0, 0.05) is 56.0 Å². The monoisotopic (exact) mass is 360 g/mol. The van der Waals surface area contributed by atoms with Crippen LogP contribution in [0.5, 0.6) is 5.75 Å². The maximum atomic E-state index is 12.6. The molecule has 4 heterocycles. The SMILES string of the molecule is Cn1c(N2CC3COc4ccccc4C3C2)nc(-c2ccncc2)cc1=O. The summed E-state index contributed by atoms with van der Waals surface area (Å²) in [5.41, 5.74) is 2.78. The highest BCUT2D eigenvalue weighted by molar-refractivity contribution is 5.60. The molecule has 0 saturated carbocycles. The molecule has 0 bridgehead atoms. The van der Waals surface area contributed by atoms with E-state index in [-0.39, 0.29) is 5.56 Å². The average molecular weight is 360 g/mol. The van der Waals surface area contributed by atoms with E-state index in [2.05, 4.69) is 22.0 Å². The number of ether oxygens (including phenoxy) is 1. The molecule has 1 fully saturated rings. The van der Waals surface area contributed by atoms with Crippen molar-refractivity contribution in [2.45, 2.75) is 5.92 Å². The summed E-state index contributed by atoms with van der Waals surface area (Å²) in [4.78, 5) is 23.6. The summed E-state index contributed by atoms with van der Waals surface area (Å²) < 4.78 is 7.58. The van der Waals surface area contributed by atoms with Crippen molar-refractivity contribution in [3.05, 3.63) is 70.8 Å². The van der Waals surface area contributed by atoms with Gasteiger partial charge < -0.3 is 9.64 Å². The lowest BCUT2D eigenvalue weighted by Crippen LogP contribution is -2.30. The van der Waals surface area contributed by atoms with E-state index in [4.69, 9.17) is 9.72 Å². The standard InChI is InChI=1S/C21H20N4O2/c1-24-20(26)10-18(14-6-8-22-9-7-14)23-21(24)25-11-15-13-27-19-5-3-2-4-16(19)17(15)12-25/h2-10,15,17H,11-13H2,1H3. The first-order chi connectivity index (χ1) is 13.2. The molecule has 2 aromatic heterocycles. The van der Waals surface area contributed by atoms with Crippen molar-refractivity contribution in [3.8, 4) is 17.0 Å². The zero-order valence-electron chi connectivity index (χ0n) is 15.1. The Morgan fingerprint density at radius 3 is 2.78 bits per heavy atom. The molecular formula is C21H20N4O2. The first kappa shape index (κ1) is 16.1. The predicted molar refractivity (Wildman–Crippen MR) is 103 cm³/mol. The van der Waals surface area contributed by atoms with E-state index >= 15 is 0 Å². The Morgan fingerprint density at radius 2 is 1.93 bits per heavy atom. The van der Waals surface area contributed by atoms with Gasteiger partial charge in [0.25, 0.3) is 5.56 Å². The minimum Gasteiger partial charge on any atom is -0.493 e. The summed E-state index contributed by atoms with van der Waals surface area (Å²) in [6.45, 7) is 2.38. The Balaban J connectivity index is 1.53. The number of aromatic nitrogens is 3. The summed E-state index contributed by atoms with van der Waals surface area (Å²) in [5, 5.41) is 0. The van der Waals surface area contributed by atoms with Crippen molar-refractivity contribution in [2.75, 3.05) is 24.6 Å². The molecule has 1 saturated heterocycles. The van der Waals surface area contributed by atoms with Gasteiger partial charge in [-0.05, 0) is 23.8 Å². The van der Waals surface area contributed by atoms with E-state index in [0.29, 0.717) is 30.1 Å². The smallest absolute Gasteiger partial charge is 0.255 e. The molecule has 27 heavy (non-hydrogen) atoms. The van der Waals surface area contributed by atoms with Gasteiger partial charge >= 0.3 is 0 Å². The minimum atomic E-state index is -0.0571. The summed E-state index contributed by atoms with van der Waals surface area (Å²) in [5.74, 6) is 2.49. The first-order valence-electron chi connectivity index (χ1n) is 9.16. The molecule has 0 amide bonds. The highest BCUT2D eigenvalue weighted by Crippen LogP contribution is 2.42. The highest BCUT2D eigenvalue weighted by Gasteiger charge is 2.39. The molecule has 6 nitrogen and oxygen atoms in total. The largest absolute Gasteiger partial charge is 0.493 e. The third-order valence-electron chi connectivity index (χ3n) is 5.58. The van der Waals surface area contributed by atoms with Gasteiger partial charge in [-0.3, -0.25) is 14.3 Å². The first-order valence-corrected chi connectivity index (χ1v) is 9.16. The van der Waals surface area contributed by atoms with Crippen molar-refractivity contribution in [1.29, 1.82) is 0 Å². The Kier molecular flexibility index (Phi) is 3.70. The summed E-state index contributed by atoms with van der Waals surface area (Å²) in [6, 6.07) is 13.6. The van der Waals surface area contributed by atoms with Crippen LogP contribution < -0.4 is 15.2 Å². The van der Waals surface area contributed by atoms with Crippen LogP contribution in [0.25, 0.3) is 11.3 Å². The van der Waals surface area contributed by atoms with Crippen LogP contribution in [-0.4, -0.2) is 34.2 Å². The number of para-hydroxylation sites is 1. The van der Waals surface area contributed by atoms with Gasteiger partial charge in [0.05, 0.1) is 12.3 Å². The predicted octanol–water partition coefficient (Wildman–Crippen LogP) is 2.45. The summed E-state index contributed by atoms with van der Waals surface area (Å²) >= 11 is 0. The molecule has 6 heteroatoms. The van der Waals surface area contributed by atoms with Crippen molar-refractivity contribution in [1.82, 2.24) is 14.5 Å². The van der Waals surface area contributed by atoms with Gasteiger partial charge in [0.15, 0.2) is 0 Å². The maximum absolute atomic E-state index is 12.6. The van der Waals surface area contributed by atoms with Crippen LogP contribution in [0, 0.1) is 5.92 Å². The molecule has 0 aliphatic carbocycles. The van der Waals surface area contributed by atoms with E-state index in [1.807, 2.05) is 24.3 Å². The zero-order chi connectivity index (χ0) is 18.4. The average Bonchev–Trinajstić information content (AvgIpc) is 3.15. The molecular weight excluding hydrogens is 340 g/mol. The Hall–Kier alpha value is -3.15. The molecule has 2 aliphatic heterocycles. The molecule has 136 valence electrons. The number of hydrogen-bond donors (Lipinski definition) is 0. The van der Waals surface area contributed by atoms with Gasteiger partial charge in [0.2, 0.25) is 5.95 Å². The third-order valence-corrected chi connectivity index (χ3v) is 5.58. The van der Waals surface area contributed by atoms with Crippen LogP contribution in [0.3, 0.4) is 0 Å². The summed E-state index contributed by atoms with van der Waals surface area (Å²) in [6.07, 6.45) is 3.43. The fourth-order valence-corrected chi connectivity index (χ4v) is 4.15. The molecule has 2 unspecified atom stereocenters. The van der Waals surface area contributed by atoms with Gasteiger partial charge in [-0.15, -0.1) is 0 Å². The van der Waals surface area contributed by atoms with E-state index in [0.717, 1.165) is 24.4 Å². The second kappa shape index (κ2) is 6.23. The number of hydrogen-bond acceptors (Lipinski definition) is 5. The second-order valence-corrected chi connectivity index (χ2v) is 7.19. The number of rotatable bonds is 2. The van der Waals surface area contributed by atoms with Crippen LogP contribution in [0.15, 0.2) is 59.7 Å². The normalized spacial score (nSPS) is 20.7. The van der Waals surface area contributed by atoms with E-state index in [1.165, 1.54) is 5.56 Å². The van der Waals surface area contributed by atoms with Crippen LogP contribution in [-0.2, 0) is 7.05 Å². The molecule has 5 rings (SSSR count). The Labute approximate surface area is 157 Å². The number of anilines is 1. The van der Waals surface area contributed by atoms with Gasteiger partial charge in [-0.1, -0.05) is 18.2 Å². The van der Waals surface area contributed by atoms with Crippen molar-refractivity contribution in [3.63, 3.8) is 0 Å². The topological polar surface area (TPSA) is 60.2 Å². The Bertz CT molecular complexity index is 1050. The number of nitrogens with zero attached hydrogens (tertiary/aromatic N) is 4. The molecule has 1 aromatic carbocycles. The van der Waals surface area contributed by atoms with Gasteiger partial charge in [0.1, 0.15) is 5.75 Å². The fraction of sp³-hybridized carbons (Fsp3) is 0.286. The zero-order valence-corrected chi connectivity index (χ0v) is 15.1. The van der Waals surface area contributed by atoms with Crippen LogP contribution in [0.1, 0.15) is 11.5 Å². The van der Waals surface area contributed by atoms with Crippen molar-refractivity contribution >= 4 is 5.95 Å². The van der Waals surface area contributed by atoms with Crippen molar-refractivity contribution < 1.29 is 4.74 Å². The van der Waals surface area contributed by atoms with E-state index < -0.39 is 0 Å². The van der Waals surface area contributed by atoms with Gasteiger partial charge in [-0.25, -0.2) is 4.98 Å². The lowest BCUT2D eigenvalue weighted by molar-refractivity contribution is 0.220. The highest BCUT2D eigenvalue weighted by atomic mass is 16.5. The fourth-order valence-electron chi connectivity index (χ4n) is 4.15. The van der Waals surface area contributed by atoms with Crippen LogP contribution in [0.4, 0.5) is 5.95 Å². The lowest BCUT2D eigenvalue weighted by atomic mass is 9.87. The quantitative estimate of drug-likeness (QED) is 0.703. The van der Waals surface area contributed by atoms with Crippen LogP contribution in [0.2, 0.25) is 0 Å². The van der Waals surface area contributed by atoms with E-state index in [1.54, 1.807) is 30.1 Å². The minimum absolute atomic E-state index is 0.0571. The van der Waals surface area contributed by atoms with E-state index in [9.17, 15) is 4.79 Å². The number of pyridine rings is 1. The molecule has 3 aromatic rings. The lowest BCUT2D eigenvalue weighted by Gasteiger charge is -2.27. The maximum Gasteiger partial charge on any atom is 0.255 e. The molecule has 2 aliphatic rings. The van der Waals surface area contributed by atoms with Crippen LogP contribution >= 0.6 is 0 Å². The summed E-state index contributed by atoms with van der Waals surface area (Å²) in [7, 11) is 1.79. The molecule has 0 radical (unpaired) electrons. The van der Waals surface area contributed by atoms with Crippen molar-refractivity contribution in [2.24, 2.45) is 13.0 Å². The molecule has 0 spiro atoms. The molecule has 2 atom stereocenters. The molecule has 0 N–H and O–H groups in total. The number of fused-ring (bicyclic) bond motifs is 3. The van der Waals surface area contributed by atoms with Gasteiger partial charge in [-0.2, -0.15) is 0 Å². The number of benzene rings is 1. The second-order valence-electron chi connectivity index (χ2n) is 7.19. The Morgan fingerprint density at radius 1 is 1.11 bits per heavy atom. The third kappa shape index (κ3) is 2.68.